The molecular formula is C17H16N2O3S. The molecular weight excluding hydrogens is 312 g/mol. The topological polar surface area (TPSA) is 71.5 Å². The van der Waals surface area contributed by atoms with Crippen molar-refractivity contribution in [2.75, 3.05) is 11.9 Å². The number of ether oxygens (including phenoxy) is 1. The molecule has 1 amide bonds. The van der Waals surface area contributed by atoms with Crippen LogP contribution in [-0.2, 0) is 16.1 Å². The number of aromatic nitrogens is 1. The first-order valence-electron chi connectivity index (χ1n) is 7.13. The fraction of sp³-hybridized carbons (Fsp3) is 0.176. The summed E-state index contributed by atoms with van der Waals surface area (Å²) >= 11 is 1.55. The number of benzene rings is 2. The van der Waals surface area contributed by atoms with E-state index in [4.69, 9.17) is 4.74 Å². The molecule has 3 rings (SSSR count). The van der Waals surface area contributed by atoms with E-state index in [1.807, 2.05) is 37.3 Å². The highest BCUT2D eigenvalue weighted by Crippen LogP contribution is 2.24. The number of amides is 1. The van der Waals surface area contributed by atoms with Crippen LogP contribution in [-0.4, -0.2) is 22.6 Å². The second kappa shape index (κ2) is 6.76. The molecule has 23 heavy (non-hydrogen) atoms. The van der Waals surface area contributed by atoms with E-state index in [0.29, 0.717) is 5.69 Å². The summed E-state index contributed by atoms with van der Waals surface area (Å²) < 4.78 is 6.50. The van der Waals surface area contributed by atoms with E-state index in [1.54, 1.807) is 23.5 Å². The Morgan fingerprint density at radius 2 is 2.13 bits per heavy atom. The number of phenols is 1. The first-order chi connectivity index (χ1) is 11.1. The molecule has 1 heterocycles. The van der Waals surface area contributed by atoms with Gasteiger partial charge in [0.05, 0.1) is 22.5 Å². The van der Waals surface area contributed by atoms with Gasteiger partial charge in [-0.15, -0.1) is 11.3 Å². The van der Waals surface area contributed by atoms with Gasteiger partial charge in [-0.3, -0.25) is 4.79 Å². The van der Waals surface area contributed by atoms with Crippen LogP contribution in [0.2, 0.25) is 0 Å². The normalized spacial score (nSPS) is 10.8. The number of carbonyl (C=O) groups is 1. The number of nitrogens with zero attached hydrogens (tertiary/aromatic N) is 1. The molecule has 3 aromatic rings. The number of phenolic OH excluding ortho intramolecular Hbond substituents is 1. The number of thiazole rings is 1. The van der Waals surface area contributed by atoms with E-state index in [2.05, 4.69) is 10.3 Å². The molecule has 118 valence electrons. The molecule has 0 aliphatic heterocycles. The number of rotatable bonds is 5. The van der Waals surface area contributed by atoms with Crippen molar-refractivity contribution in [3.8, 4) is 5.75 Å². The number of hydrogen-bond donors (Lipinski definition) is 2. The molecule has 0 atom stereocenters. The van der Waals surface area contributed by atoms with Gasteiger partial charge >= 0.3 is 0 Å². The number of fused-ring (bicyclic) bond motifs is 1. The summed E-state index contributed by atoms with van der Waals surface area (Å²) in [5, 5.41) is 13.2. The average molecular weight is 328 g/mol. The van der Waals surface area contributed by atoms with Gasteiger partial charge in [-0.1, -0.05) is 18.2 Å². The van der Waals surface area contributed by atoms with Gasteiger partial charge in [0.1, 0.15) is 17.4 Å². The quantitative estimate of drug-likeness (QED) is 0.704. The monoisotopic (exact) mass is 328 g/mol. The van der Waals surface area contributed by atoms with Crippen molar-refractivity contribution in [1.29, 1.82) is 0 Å². The zero-order valence-electron chi connectivity index (χ0n) is 12.6. The third-order valence-electron chi connectivity index (χ3n) is 3.22. The minimum absolute atomic E-state index is 0.0459. The van der Waals surface area contributed by atoms with Crippen LogP contribution < -0.4 is 5.32 Å². The molecule has 0 aliphatic carbocycles. The number of para-hydroxylation sites is 1. The molecule has 0 fully saturated rings. The maximum absolute atomic E-state index is 11.8. The van der Waals surface area contributed by atoms with Gasteiger partial charge in [0, 0.05) is 0 Å². The van der Waals surface area contributed by atoms with Crippen molar-refractivity contribution in [2.24, 2.45) is 0 Å². The Labute approximate surface area is 137 Å². The maximum atomic E-state index is 11.8. The molecule has 0 radical (unpaired) electrons. The number of aryl methyl sites for hydroxylation is 1. The fourth-order valence-corrected chi connectivity index (χ4v) is 3.05. The first-order valence-corrected chi connectivity index (χ1v) is 7.95. The van der Waals surface area contributed by atoms with Gasteiger partial charge in [0.15, 0.2) is 0 Å². The minimum atomic E-state index is -0.315. The lowest BCUT2D eigenvalue weighted by Crippen LogP contribution is -2.18. The van der Waals surface area contributed by atoms with E-state index in [9.17, 15) is 9.90 Å². The summed E-state index contributed by atoms with van der Waals surface area (Å²) in [4.78, 5) is 16.3. The third kappa shape index (κ3) is 3.85. The van der Waals surface area contributed by atoms with Crippen LogP contribution in [0.5, 0.6) is 5.75 Å². The lowest BCUT2D eigenvalue weighted by atomic mass is 10.2. The number of carbonyl (C=O) groups excluding carboxylic acids is 1. The molecule has 0 saturated heterocycles. The molecule has 5 nitrogen and oxygen atoms in total. The van der Waals surface area contributed by atoms with E-state index in [0.717, 1.165) is 20.8 Å². The standard InChI is InChI=1S/C17H16N2O3S/c1-11-6-7-12(14(20)8-11)18-16(21)9-22-10-17-19-13-4-2-3-5-15(13)23-17/h2-8,20H,9-10H2,1H3,(H,18,21). The summed E-state index contributed by atoms with van der Waals surface area (Å²) in [6.07, 6.45) is 0. The van der Waals surface area contributed by atoms with Crippen molar-refractivity contribution >= 4 is 33.1 Å². The summed E-state index contributed by atoms with van der Waals surface area (Å²) in [7, 11) is 0. The number of anilines is 1. The second-order valence-electron chi connectivity index (χ2n) is 5.14. The van der Waals surface area contributed by atoms with Crippen molar-refractivity contribution < 1.29 is 14.6 Å². The van der Waals surface area contributed by atoms with Crippen LogP contribution in [0.15, 0.2) is 42.5 Å². The zero-order chi connectivity index (χ0) is 16.2. The Balaban J connectivity index is 1.52. The number of hydrogen-bond acceptors (Lipinski definition) is 5. The molecule has 6 heteroatoms. The lowest BCUT2D eigenvalue weighted by Gasteiger charge is -2.08. The molecule has 0 spiro atoms. The highest BCUT2D eigenvalue weighted by Gasteiger charge is 2.08. The van der Waals surface area contributed by atoms with Crippen LogP contribution in [0.25, 0.3) is 10.2 Å². The summed E-state index contributed by atoms with van der Waals surface area (Å²) in [5.74, 6) is -0.269. The Bertz CT molecular complexity index is 812. The largest absolute Gasteiger partial charge is 0.506 e. The van der Waals surface area contributed by atoms with Crippen LogP contribution in [0.3, 0.4) is 0 Å². The smallest absolute Gasteiger partial charge is 0.250 e. The lowest BCUT2D eigenvalue weighted by molar-refractivity contribution is -0.121. The van der Waals surface area contributed by atoms with Crippen LogP contribution in [0.1, 0.15) is 10.6 Å². The Kier molecular flexibility index (Phi) is 4.55. The maximum Gasteiger partial charge on any atom is 0.250 e. The van der Waals surface area contributed by atoms with E-state index >= 15 is 0 Å². The highest BCUT2D eigenvalue weighted by atomic mass is 32.1. The SMILES string of the molecule is Cc1ccc(NC(=O)COCc2nc3ccccc3s2)c(O)c1. The van der Waals surface area contributed by atoms with E-state index in [1.165, 1.54) is 0 Å². The fourth-order valence-electron chi connectivity index (χ4n) is 2.15. The van der Waals surface area contributed by atoms with Crippen molar-refractivity contribution in [2.45, 2.75) is 13.5 Å². The van der Waals surface area contributed by atoms with Crippen LogP contribution >= 0.6 is 11.3 Å². The molecule has 0 unspecified atom stereocenters. The van der Waals surface area contributed by atoms with Gasteiger partial charge in [-0.25, -0.2) is 4.98 Å². The predicted molar refractivity (Wildman–Crippen MR) is 90.7 cm³/mol. The third-order valence-corrected chi connectivity index (χ3v) is 4.23. The predicted octanol–water partition coefficient (Wildman–Crippen LogP) is 3.47. The molecule has 1 aromatic heterocycles. The first kappa shape index (κ1) is 15.5. The molecule has 0 aliphatic rings. The molecule has 0 bridgehead atoms. The van der Waals surface area contributed by atoms with E-state index < -0.39 is 0 Å². The number of nitrogens with one attached hydrogen (secondary N) is 1. The molecule has 2 aromatic carbocycles. The van der Waals surface area contributed by atoms with Crippen molar-refractivity contribution in [3.63, 3.8) is 0 Å². The zero-order valence-corrected chi connectivity index (χ0v) is 13.4. The van der Waals surface area contributed by atoms with Crippen molar-refractivity contribution in [1.82, 2.24) is 4.98 Å². The van der Waals surface area contributed by atoms with Gasteiger partial charge in [0.2, 0.25) is 5.91 Å². The minimum Gasteiger partial charge on any atom is -0.506 e. The summed E-state index contributed by atoms with van der Waals surface area (Å²) in [6.45, 7) is 2.06. The highest BCUT2D eigenvalue weighted by molar-refractivity contribution is 7.18. The van der Waals surface area contributed by atoms with Crippen LogP contribution in [0.4, 0.5) is 5.69 Å². The van der Waals surface area contributed by atoms with Gasteiger partial charge < -0.3 is 15.2 Å². The molecule has 0 saturated carbocycles. The second-order valence-corrected chi connectivity index (χ2v) is 6.25. The Morgan fingerprint density at radius 1 is 1.30 bits per heavy atom. The number of aromatic hydroxyl groups is 1. The summed E-state index contributed by atoms with van der Waals surface area (Å²) in [5.41, 5.74) is 2.24. The average Bonchev–Trinajstić information content (AvgIpc) is 2.93. The van der Waals surface area contributed by atoms with Crippen molar-refractivity contribution in [3.05, 3.63) is 53.0 Å². The molecule has 2 N–H and O–H groups in total. The van der Waals surface area contributed by atoms with Gasteiger partial charge in [0.25, 0.3) is 0 Å². The van der Waals surface area contributed by atoms with Gasteiger partial charge in [-0.05, 0) is 36.8 Å². The Morgan fingerprint density at radius 3 is 2.91 bits per heavy atom. The Hall–Kier alpha value is -2.44. The van der Waals surface area contributed by atoms with Gasteiger partial charge in [-0.2, -0.15) is 0 Å². The van der Waals surface area contributed by atoms with E-state index in [-0.39, 0.29) is 24.9 Å². The van der Waals surface area contributed by atoms with Crippen LogP contribution in [0, 0.1) is 6.92 Å². The summed E-state index contributed by atoms with van der Waals surface area (Å²) in [6, 6.07) is 12.9.